The molecule has 1 N–H and O–H groups in total. The van der Waals surface area contributed by atoms with Gasteiger partial charge in [0, 0.05) is 37.8 Å². The van der Waals surface area contributed by atoms with Crippen molar-refractivity contribution in [2.24, 2.45) is 5.92 Å². The number of nitrogens with one attached hydrogen (secondary N) is 1. The van der Waals surface area contributed by atoms with E-state index < -0.39 is 0 Å². The molecule has 0 spiro atoms. The molecule has 144 valence electrons. The van der Waals surface area contributed by atoms with E-state index in [2.05, 4.69) is 15.4 Å². The van der Waals surface area contributed by atoms with E-state index >= 15 is 0 Å². The summed E-state index contributed by atoms with van der Waals surface area (Å²) >= 11 is 0. The molecule has 27 heavy (non-hydrogen) atoms. The van der Waals surface area contributed by atoms with E-state index in [0.29, 0.717) is 32.6 Å². The van der Waals surface area contributed by atoms with Crippen LogP contribution in [0.3, 0.4) is 0 Å². The Labute approximate surface area is 158 Å². The summed E-state index contributed by atoms with van der Waals surface area (Å²) in [6.45, 7) is 3.26. The predicted octanol–water partition coefficient (Wildman–Crippen LogP) is 1.32. The number of hydrogen-bond donors (Lipinski definition) is 1. The fourth-order valence-corrected chi connectivity index (χ4v) is 3.61. The minimum Gasteiger partial charge on any atom is -0.350 e. The molecule has 0 unspecified atom stereocenters. The molecular weight excluding hydrogens is 344 g/mol. The zero-order valence-corrected chi connectivity index (χ0v) is 15.5. The maximum Gasteiger partial charge on any atom is 0.223 e. The van der Waals surface area contributed by atoms with Gasteiger partial charge in [-0.25, -0.2) is 4.98 Å². The summed E-state index contributed by atoms with van der Waals surface area (Å²) in [5, 5.41) is 7.55. The summed E-state index contributed by atoms with van der Waals surface area (Å²) in [5.41, 5.74) is 1.91. The Morgan fingerprint density at radius 1 is 1.26 bits per heavy atom. The van der Waals surface area contributed by atoms with Gasteiger partial charge >= 0.3 is 0 Å². The largest absolute Gasteiger partial charge is 0.350 e. The molecule has 2 aromatic rings. The van der Waals surface area contributed by atoms with E-state index in [4.69, 9.17) is 0 Å². The van der Waals surface area contributed by atoms with Crippen molar-refractivity contribution >= 4 is 11.8 Å². The Morgan fingerprint density at radius 2 is 2.15 bits per heavy atom. The van der Waals surface area contributed by atoms with Crippen LogP contribution in [0, 0.1) is 5.92 Å². The lowest BCUT2D eigenvalue weighted by molar-refractivity contribution is -0.133. The lowest BCUT2D eigenvalue weighted by atomic mass is 9.85. The maximum atomic E-state index is 12.5. The highest BCUT2D eigenvalue weighted by molar-refractivity contribution is 5.79. The van der Waals surface area contributed by atoms with Crippen LogP contribution in [0.1, 0.15) is 43.5 Å². The van der Waals surface area contributed by atoms with Crippen molar-refractivity contribution in [1.29, 1.82) is 0 Å². The van der Waals surface area contributed by atoms with E-state index in [-0.39, 0.29) is 17.7 Å². The van der Waals surface area contributed by atoms with Gasteiger partial charge in [-0.15, -0.1) is 0 Å². The van der Waals surface area contributed by atoms with E-state index in [0.717, 1.165) is 43.6 Å². The first kappa shape index (κ1) is 17.8. The van der Waals surface area contributed by atoms with Crippen LogP contribution in [0.15, 0.2) is 24.8 Å². The van der Waals surface area contributed by atoms with Gasteiger partial charge in [-0.05, 0) is 25.3 Å². The standard InChI is InChI=1S/C19H26N6O2/c26-18(5-2-7-23-8-6-20-14-23)24-9-10-25-17(13-24)11-16(22-25)12-21-19(27)15-3-1-4-15/h6,8,11,14-15H,1-5,7,9-10,12-13H2,(H,21,27). The van der Waals surface area contributed by atoms with Gasteiger partial charge in [-0.2, -0.15) is 5.10 Å². The summed E-state index contributed by atoms with van der Waals surface area (Å²) < 4.78 is 3.95. The van der Waals surface area contributed by atoms with Crippen LogP contribution < -0.4 is 5.32 Å². The third-order valence-electron chi connectivity index (χ3n) is 5.49. The van der Waals surface area contributed by atoms with Crippen LogP contribution in [0.25, 0.3) is 0 Å². The highest BCUT2D eigenvalue weighted by Crippen LogP contribution is 2.26. The Bertz CT molecular complexity index is 793. The van der Waals surface area contributed by atoms with Crippen LogP contribution in [0.2, 0.25) is 0 Å². The summed E-state index contributed by atoms with van der Waals surface area (Å²) in [6.07, 6.45) is 9.94. The minimum atomic E-state index is 0.141. The number of carbonyl (C=O) groups excluding carboxylic acids is 2. The second-order valence-corrected chi connectivity index (χ2v) is 7.42. The summed E-state index contributed by atoms with van der Waals surface area (Å²) in [6, 6.07) is 2.01. The maximum absolute atomic E-state index is 12.5. The molecule has 0 bridgehead atoms. The molecule has 8 heteroatoms. The van der Waals surface area contributed by atoms with E-state index in [1.165, 1.54) is 0 Å². The second-order valence-electron chi connectivity index (χ2n) is 7.42. The number of fused-ring (bicyclic) bond motifs is 1. The van der Waals surface area contributed by atoms with E-state index in [9.17, 15) is 9.59 Å². The van der Waals surface area contributed by atoms with Crippen LogP contribution in [0.5, 0.6) is 0 Å². The van der Waals surface area contributed by atoms with Gasteiger partial charge in [-0.3, -0.25) is 14.3 Å². The smallest absolute Gasteiger partial charge is 0.223 e. The van der Waals surface area contributed by atoms with Gasteiger partial charge in [0.25, 0.3) is 0 Å². The Balaban J connectivity index is 1.25. The molecule has 1 aliphatic carbocycles. The Kier molecular flexibility index (Phi) is 5.22. The topological polar surface area (TPSA) is 85.0 Å². The van der Waals surface area contributed by atoms with Crippen molar-refractivity contribution in [2.75, 3.05) is 6.54 Å². The molecule has 1 aliphatic heterocycles. The first-order valence-electron chi connectivity index (χ1n) is 9.76. The van der Waals surface area contributed by atoms with Crippen LogP contribution >= 0.6 is 0 Å². The van der Waals surface area contributed by atoms with Gasteiger partial charge in [0.2, 0.25) is 11.8 Å². The number of carbonyl (C=O) groups is 2. The zero-order chi connectivity index (χ0) is 18.6. The van der Waals surface area contributed by atoms with Crippen molar-refractivity contribution in [1.82, 2.24) is 29.5 Å². The third-order valence-corrected chi connectivity index (χ3v) is 5.49. The third kappa shape index (κ3) is 4.20. The number of nitrogens with zero attached hydrogens (tertiary/aromatic N) is 5. The zero-order valence-electron chi connectivity index (χ0n) is 15.5. The van der Waals surface area contributed by atoms with E-state index in [1.54, 1.807) is 12.5 Å². The highest BCUT2D eigenvalue weighted by Gasteiger charge is 2.26. The van der Waals surface area contributed by atoms with Crippen molar-refractivity contribution in [3.8, 4) is 0 Å². The van der Waals surface area contributed by atoms with Crippen molar-refractivity contribution in [3.05, 3.63) is 36.2 Å². The normalized spacial score (nSPS) is 16.7. The van der Waals surface area contributed by atoms with Crippen LogP contribution in [-0.2, 0) is 35.8 Å². The van der Waals surface area contributed by atoms with Gasteiger partial charge < -0.3 is 14.8 Å². The Morgan fingerprint density at radius 3 is 2.89 bits per heavy atom. The molecule has 2 amide bonds. The summed E-state index contributed by atoms with van der Waals surface area (Å²) in [7, 11) is 0. The lowest BCUT2D eigenvalue weighted by Crippen LogP contribution is -2.38. The molecule has 1 fully saturated rings. The number of rotatable bonds is 7. The number of imidazole rings is 1. The Hall–Kier alpha value is -2.64. The summed E-state index contributed by atoms with van der Waals surface area (Å²) in [4.78, 5) is 30.4. The molecule has 3 heterocycles. The minimum absolute atomic E-state index is 0.141. The molecule has 1 saturated carbocycles. The van der Waals surface area contributed by atoms with Crippen molar-refractivity contribution < 1.29 is 9.59 Å². The molecule has 4 rings (SSSR count). The van der Waals surface area contributed by atoms with Crippen molar-refractivity contribution in [2.45, 2.75) is 58.3 Å². The summed E-state index contributed by atoms with van der Waals surface area (Å²) in [5.74, 6) is 0.516. The predicted molar refractivity (Wildman–Crippen MR) is 98.3 cm³/mol. The van der Waals surface area contributed by atoms with Crippen LogP contribution in [-0.4, -0.2) is 42.6 Å². The van der Waals surface area contributed by atoms with Gasteiger partial charge in [0.1, 0.15) is 0 Å². The molecule has 0 radical (unpaired) electrons. The van der Waals surface area contributed by atoms with Crippen molar-refractivity contribution in [3.63, 3.8) is 0 Å². The molecule has 0 saturated heterocycles. The van der Waals surface area contributed by atoms with Gasteiger partial charge in [0.15, 0.2) is 0 Å². The molecule has 8 nitrogen and oxygen atoms in total. The first-order valence-corrected chi connectivity index (χ1v) is 9.76. The number of hydrogen-bond acceptors (Lipinski definition) is 4. The number of amides is 2. The fourth-order valence-electron chi connectivity index (χ4n) is 3.61. The SMILES string of the molecule is O=C(NCc1cc2n(n1)CCN(C(=O)CCCn1ccnc1)C2)C1CCC1. The van der Waals surface area contributed by atoms with Crippen LogP contribution in [0.4, 0.5) is 0 Å². The molecule has 0 aromatic carbocycles. The average molecular weight is 370 g/mol. The van der Waals surface area contributed by atoms with Gasteiger partial charge in [0.05, 0.1) is 37.3 Å². The quantitative estimate of drug-likeness (QED) is 0.797. The molecule has 2 aromatic heterocycles. The lowest BCUT2D eigenvalue weighted by Gasteiger charge is -2.27. The first-order chi connectivity index (χ1) is 13.2. The highest BCUT2D eigenvalue weighted by atomic mass is 16.2. The number of aromatic nitrogens is 4. The number of aryl methyl sites for hydroxylation is 1. The fraction of sp³-hybridized carbons (Fsp3) is 0.579. The molecule has 2 aliphatic rings. The van der Waals surface area contributed by atoms with E-state index in [1.807, 2.05) is 26.4 Å². The molecule has 0 atom stereocenters. The molecular formula is C19H26N6O2. The average Bonchev–Trinajstić information content (AvgIpc) is 3.26. The monoisotopic (exact) mass is 370 g/mol. The van der Waals surface area contributed by atoms with Gasteiger partial charge in [-0.1, -0.05) is 6.42 Å². The second kappa shape index (κ2) is 7.94.